The third-order valence-corrected chi connectivity index (χ3v) is 29.6. The Labute approximate surface area is 710 Å². The maximum absolute atomic E-state index is 9.75. The van der Waals surface area contributed by atoms with Crippen LogP contribution in [-0.2, 0) is 112 Å². The summed E-state index contributed by atoms with van der Waals surface area (Å²) < 4.78 is 39.0. The van der Waals surface area contributed by atoms with Gasteiger partial charge in [-0.2, -0.15) is 0 Å². The molecule has 106 heavy (non-hydrogen) atoms. The van der Waals surface area contributed by atoms with Crippen LogP contribution in [0.3, 0.4) is 0 Å². The molecule has 15 rings (SSSR count). The fourth-order valence-corrected chi connectivity index (χ4v) is 24.5. The maximum Gasteiger partial charge on any atom is 1.00 e. The smallest absolute Gasteiger partial charge is 0.418 e. The third-order valence-electron chi connectivity index (χ3n) is 15.9. The van der Waals surface area contributed by atoms with E-state index in [0.29, 0.717) is 0 Å². The van der Waals surface area contributed by atoms with Gasteiger partial charge in [0, 0.05) is 67.1 Å². The van der Waals surface area contributed by atoms with E-state index in [-0.39, 0.29) is 119 Å². The van der Waals surface area contributed by atoms with Gasteiger partial charge in [-0.3, -0.25) is 0 Å². The molecule has 0 unspecified atom stereocenters. The summed E-state index contributed by atoms with van der Waals surface area (Å²) in [5.74, 6) is 0. The molecule has 0 heterocycles. The van der Waals surface area contributed by atoms with Crippen molar-refractivity contribution in [1.82, 2.24) is 0 Å². The molecule has 0 spiro atoms. The molecule has 15 aromatic carbocycles. The van der Waals surface area contributed by atoms with E-state index in [0.717, 1.165) is 0 Å². The van der Waals surface area contributed by atoms with Gasteiger partial charge in [0.15, 0.2) is 0 Å². The molecule has 0 fully saturated rings. The molecule has 0 saturated heterocycles. The van der Waals surface area contributed by atoms with E-state index < -0.39 is 46.9 Å². The van der Waals surface area contributed by atoms with Gasteiger partial charge in [0.25, 0.3) is 0 Å². The zero-order valence-electron chi connectivity index (χ0n) is 57.9. The molecule has 0 N–H and O–H groups in total. The third kappa shape index (κ3) is 30.4. The standard InChI is InChI=1S/5C18H15P.CH3.5Au.BF4/c5*1-4-10-16(11-5-1)19(17-12-6-2-7-13-17)18-14-8-3-9-15-18;;;;;;;2-1(3,4)5/h5*1-15H;1H3;;;;;;/q;;;;;-1;;;;2*+1;-1/p+5. The van der Waals surface area contributed by atoms with Crippen LogP contribution in [0.4, 0.5) is 17.3 Å². The van der Waals surface area contributed by atoms with Gasteiger partial charge in [0.2, 0.25) is 0 Å². The average Bonchev–Trinajstić information content (AvgIpc) is 0.852. The predicted molar refractivity (Wildman–Crippen MR) is 449 cm³/mol. The summed E-state index contributed by atoms with van der Waals surface area (Å²) in [5.41, 5.74) is 0. The van der Waals surface area contributed by atoms with Gasteiger partial charge in [-0.15, -0.1) is 0 Å². The van der Waals surface area contributed by atoms with E-state index in [1.807, 2.05) is 0 Å². The van der Waals surface area contributed by atoms with Crippen molar-refractivity contribution in [3.8, 4) is 0 Å². The van der Waals surface area contributed by atoms with Crippen molar-refractivity contribution in [1.29, 1.82) is 0 Å². The first kappa shape index (κ1) is 92.3. The molecule has 553 valence electrons. The van der Waals surface area contributed by atoms with E-state index in [9.17, 15) is 17.3 Å². The fourth-order valence-electron chi connectivity index (χ4n) is 11.6. The minimum absolute atomic E-state index is 0. The molecule has 0 saturated carbocycles. The summed E-state index contributed by atoms with van der Waals surface area (Å²) in [5, 5.41) is 21.5. The Hall–Kier alpha value is -6.06. The van der Waals surface area contributed by atoms with Crippen LogP contribution in [-0.4, -0.2) is 7.25 Å². The monoisotopic (exact) mass is 2400 g/mol. The van der Waals surface area contributed by atoms with E-state index in [4.69, 9.17) is 0 Å². The Bertz CT molecular complexity index is 3470. The zero-order valence-corrected chi connectivity index (χ0v) is 73.7. The molecular formula is C91H83Au5BF4P5+5. The molecule has 0 aromatic heterocycles. The van der Waals surface area contributed by atoms with Crippen molar-refractivity contribution in [2.75, 3.05) is 0 Å². The van der Waals surface area contributed by atoms with Crippen LogP contribution in [0, 0.1) is 7.43 Å². The molecule has 0 aliphatic carbocycles. The second kappa shape index (κ2) is 52.1. The second-order valence-electron chi connectivity index (χ2n) is 22.9. The minimum Gasteiger partial charge on any atom is -0.418 e. The molecule has 0 bridgehead atoms. The van der Waals surface area contributed by atoms with Crippen LogP contribution in [0.15, 0.2) is 455 Å². The summed E-state index contributed by atoms with van der Waals surface area (Å²) in [7, 11) is -10.4. The Morgan fingerprint density at radius 1 is 0.132 bits per heavy atom. The molecule has 0 atom stereocenters. The summed E-state index contributed by atoms with van der Waals surface area (Å²) >= 11 is 0. The van der Waals surface area contributed by atoms with Gasteiger partial charge in [-0.05, 0) is 182 Å². The van der Waals surface area contributed by atoms with Crippen LogP contribution in [0.1, 0.15) is 0 Å². The summed E-state index contributed by atoms with van der Waals surface area (Å²) in [6.07, 6.45) is 0. The van der Waals surface area contributed by atoms with E-state index in [2.05, 4.69) is 455 Å². The Kier molecular flexibility index (Phi) is 45.4. The summed E-state index contributed by atoms with van der Waals surface area (Å²) in [6, 6.07) is 162. The van der Waals surface area contributed by atoms with E-state index >= 15 is 0 Å². The van der Waals surface area contributed by atoms with Crippen molar-refractivity contribution in [2.45, 2.75) is 0 Å². The maximum atomic E-state index is 9.75. The van der Waals surface area contributed by atoms with Gasteiger partial charge < -0.3 is 24.7 Å². The normalized spacial score (nSPS) is 10.0. The zero-order chi connectivity index (χ0) is 69.1. The first-order chi connectivity index (χ1) is 49.2. The van der Waals surface area contributed by atoms with Crippen LogP contribution >= 0.6 is 39.6 Å². The number of hydrogen-bond acceptors (Lipinski definition) is 0. The first-order valence-corrected chi connectivity index (χ1v) is 40.8. The van der Waals surface area contributed by atoms with Crippen molar-refractivity contribution in [3.63, 3.8) is 0 Å². The molecule has 0 nitrogen and oxygen atoms in total. The summed E-state index contributed by atoms with van der Waals surface area (Å²) in [4.78, 5) is 0. The minimum atomic E-state index is -6.00. The van der Waals surface area contributed by atoms with Crippen molar-refractivity contribution in [2.24, 2.45) is 0 Å². The van der Waals surface area contributed by atoms with Crippen LogP contribution in [0.5, 0.6) is 0 Å². The fraction of sp³-hybridized carbons (Fsp3) is 0. The van der Waals surface area contributed by atoms with Crippen molar-refractivity contribution >= 4 is 126 Å². The number of hydrogen-bond donors (Lipinski definition) is 0. The van der Waals surface area contributed by atoms with Crippen LogP contribution in [0.2, 0.25) is 0 Å². The molecule has 15 heteroatoms. The van der Waals surface area contributed by atoms with E-state index in [1.54, 1.807) is 0 Å². The topological polar surface area (TPSA) is 0 Å². The van der Waals surface area contributed by atoms with Gasteiger partial charge >= 0.3 is 52.0 Å². The predicted octanol–water partition coefficient (Wildman–Crippen LogP) is 17.6. The first-order valence-electron chi connectivity index (χ1n) is 33.3. The number of halogens is 4. The van der Waals surface area contributed by atoms with Crippen molar-refractivity contribution in [3.05, 3.63) is 462 Å². The van der Waals surface area contributed by atoms with Gasteiger partial charge in [0.05, 0.1) is 39.6 Å². The molecule has 0 amide bonds. The van der Waals surface area contributed by atoms with Gasteiger partial charge in [-0.25, -0.2) is 0 Å². The number of benzene rings is 15. The second-order valence-corrected chi connectivity index (χ2v) is 35.3. The van der Waals surface area contributed by atoms with Crippen LogP contribution in [0.25, 0.3) is 0 Å². The van der Waals surface area contributed by atoms with E-state index in [1.165, 1.54) is 79.6 Å². The Morgan fingerprint density at radius 3 is 0.226 bits per heavy atom. The molecule has 15 aromatic rings. The largest absolute Gasteiger partial charge is 1.00 e. The molecular weight excluding hydrogens is 2320 g/mol. The van der Waals surface area contributed by atoms with Crippen molar-refractivity contribution < 1.29 is 129 Å². The number of rotatable bonds is 15. The van der Waals surface area contributed by atoms with Gasteiger partial charge in [-0.1, -0.05) is 273 Å². The Morgan fingerprint density at radius 2 is 0.179 bits per heavy atom. The molecule has 0 aliphatic rings. The SMILES string of the molecule is F[B-](F)(F)F.[Au+].[Au+].[Au].[Au].[Au].[CH3-].c1ccc([PH+](c2ccccc2)c2ccccc2)cc1.c1ccc([PH+](c2ccccc2)c2ccccc2)cc1.c1ccc([PH+](c2ccccc2)c2ccccc2)cc1.c1ccc([PH+](c2ccccc2)c2ccccc2)cc1.c1ccc([PH+](c2ccccc2)c2ccccc2)cc1. The molecule has 3 radical (unpaired) electrons. The van der Waals surface area contributed by atoms with Crippen LogP contribution < -0.4 is 79.6 Å². The summed E-state index contributed by atoms with van der Waals surface area (Å²) in [6.45, 7) is 0. The Balaban J connectivity index is 0.000000272. The molecule has 0 aliphatic heterocycles. The van der Waals surface area contributed by atoms with Gasteiger partial charge in [0.1, 0.15) is 79.6 Å². The quantitative estimate of drug-likeness (QED) is 0.0415. The average molecular weight is 2400 g/mol.